The van der Waals surface area contributed by atoms with E-state index in [1.54, 1.807) is 30.5 Å². The minimum Gasteiger partial charge on any atom is -0.350 e. The van der Waals surface area contributed by atoms with Crippen molar-refractivity contribution in [2.24, 2.45) is 0 Å². The van der Waals surface area contributed by atoms with Crippen molar-refractivity contribution in [2.45, 2.75) is 44.9 Å². The lowest BCUT2D eigenvalue weighted by Gasteiger charge is -2.22. The zero-order valence-electron chi connectivity index (χ0n) is 18.8. The van der Waals surface area contributed by atoms with Crippen LogP contribution in [0.25, 0.3) is 11.3 Å². The van der Waals surface area contributed by atoms with Gasteiger partial charge in [0.15, 0.2) is 12.2 Å². The SMILES string of the molecule is Cc1ccc(-c2cn(CS(=O)(=O)NCc3ccc(C(=O)NOC4CCCCO4)cc3)nn2)cc1. The number of hydrogen-bond acceptors (Lipinski definition) is 7. The smallest absolute Gasteiger partial charge is 0.274 e. The van der Waals surface area contributed by atoms with E-state index in [-0.39, 0.29) is 12.4 Å². The van der Waals surface area contributed by atoms with Crippen LogP contribution in [0.1, 0.15) is 40.7 Å². The highest BCUT2D eigenvalue weighted by molar-refractivity contribution is 7.88. The van der Waals surface area contributed by atoms with E-state index in [1.807, 2.05) is 31.2 Å². The Kier molecular flexibility index (Phi) is 7.68. The summed E-state index contributed by atoms with van der Waals surface area (Å²) >= 11 is 0. The van der Waals surface area contributed by atoms with Crippen molar-refractivity contribution in [3.63, 3.8) is 0 Å². The number of hydrogen-bond donors (Lipinski definition) is 2. The molecule has 4 rings (SSSR count). The molecule has 0 radical (unpaired) electrons. The number of nitrogens with zero attached hydrogens (tertiary/aromatic N) is 3. The summed E-state index contributed by atoms with van der Waals surface area (Å²) in [5.74, 6) is -0.746. The van der Waals surface area contributed by atoms with Gasteiger partial charge in [-0.05, 0) is 37.5 Å². The fourth-order valence-corrected chi connectivity index (χ4v) is 4.34. The fraction of sp³-hybridized carbons (Fsp3) is 0.348. The van der Waals surface area contributed by atoms with Crippen LogP contribution in [0.3, 0.4) is 0 Å². The van der Waals surface area contributed by atoms with Crippen LogP contribution in [-0.4, -0.2) is 42.2 Å². The molecule has 0 bridgehead atoms. The quantitative estimate of drug-likeness (QED) is 0.446. The summed E-state index contributed by atoms with van der Waals surface area (Å²) in [6.45, 7) is 2.69. The molecule has 180 valence electrons. The predicted molar refractivity (Wildman–Crippen MR) is 125 cm³/mol. The lowest BCUT2D eigenvalue weighted by atomic mass is 10.1. The first kappa shape index (κ1) is 24.0. The van der Waals surface area contributed by atoms with Crippen molar-refractivity contribution >= 4 is 15.9 Å². The maximum absolute atomic E-state index is 12.5. The van der Waals surface area contributed by atoms with Gasteiger partial charge in [-0.25, -0.2) is 28.1 Å². The number of amides is 1. The number of rotatable bonds is 9. The van der Waals surface area contributed by atoms with Crippen LogP contribution in [-0.2, 0) is 32.0 Å². The number of sulfonamides is 1. The first-order valence-corrected chi connectivity index (χ1v) is 12.6. The van der Waals surface area contributed by atoms with Crippen molar-refractivity contribution in [3.05, 3.63) is 71.4 Å². The fourth-order valence-electron chi connectivity index (χ4n) is 3.39. The summed E-state index contributed by atoms with van der Waals surface area (Å²) in [7, 11) is -3.66. The molecule has 1 atom stereocenters. The minimum atomic E-state index is -3.66. The van der Waals surface area contributed by atoms with Gasteiger partial charge in [-0.3, -0.25) is 4.79 Å². The van der Waals surface area contributed by atoms with E-state index in [2.05, 4.69) is 20.5 Å². The van der Waals surface area contributed by atoms with Gasteiger partial charge in [-0.1, -0.05) is 47.2 Å². The molecule has 1 unspecified atom stereocenters. The van der Waals surface area contributed by atoms with Gasteiger partial charge < -0.3 is 4.74 Å². The molecule has 1 aliphatic rings. The molecule has 3 aromatic rings. The zero-order valence-corrected chi connectivity index (χ0v) is 19.6. The Morgan fingerprint density at radius 2 is 1.91 bits per heavy atom. The number of aromatic nitrogens is 3. The van der Waals surface area contributed by atoms with E-state index < -0.39 is 22.2 Å². The van der Waals surface area contributed by atoms with Crippen molar-refractivity contribution in [3.8, 4) is 11.3 Å². The molecular formula is C23H27N5O5S. The summed E-state index contributed by atoms with van der Waals surface area (Å²) in [6, 6.07) is 14.3. The monoisotopic (exact) mass is 485 g/mol. The Hall–Kier alpha value is -3.12. The molecular weight excluding hydrogens is 458 g/mol. The predicted octanol–water partition coefficient (Wildman–Crippen LogP) is 2.52. The van der Waals surface area contributed by atoms with Crippen LogP contribution in [0, 0.1) is 6.92 Å². The van der Waals surface area contributed by atoms with Crippen molar-refractivity contribution in [1.29, 1.82) is 0 Å². The van der Waals surface area contributed by atoms with E-state index in [0.717, 1.165) is 30.4 Å². The summed E-state index contributed by atoms with van der Waals surface area (Å²) in [5.41, 5.74) is 6.09. The highest BCUT2D eigenvalue weighted by atomic mass is 32.2. The molecule has 0 spiro atoms. The van der Waals surface area contributed by atoms with Crippen LogP contribution in [0.4, 0.5) is 0 Å². The molecule has 1 aromatic heterocycles. The second-order valence-electron chi connectivity index (χ2n) is 8.12. The number of aryl methyl sites for hydroxylation is 1. The highest BCUT2D eigenvalue weighted by Crippen LogP contribution is 2.17. The highest BCUT2D eigenvalue weighted by Gasteiger charge is 2.17. The molecule has 2 aromatic carbocycles. The number of carbonyl (C=O) groups excluding carboxylic acids is 1. The van der Waals surface area contributed by atoms with Crippen LogP contribution in [0.2, 0.25) is 0 Å². The number of carbonyl (C=O) groups is 1. The van der Waals surface area contributed by atoms with Crippen LogP contribution >= 0.6 is 0 Å². The first-order chi connectivity index (χ1) is 16.4. The normalized spacial score (nSPS) is 16.3. The van der Waals surface area contributed by atoms with Gasteiger partial charge in [-0.2, -0.15) is 0 Å². The molecule has 1 saturated heterocycles. The Morgan fingerprint density at radius 3 is 2.62 bits per heavy atom. The van der Waals surface area contributed by atoms with Gasteiger partial charge in [-0.15, -0.1) is 5.10 Å². The lowest BCUT2D eigenvalue weighted by Crippen LogP contribution is -2.33. The van der Waals surface area contributed by atoms with Gasteiger partial charge in [0.2, 0.25) is 10.0 Å². The molecule has 1 fully saturated rings. The third kappa shape index (κ3) is 6.70. The van der Waals surface area contributed by atoms with E-state index in [1.165, 1.54) is 4.68 Å². The van der Waals surface area contributed by atoms with Crippen LogP contribution in [0.15, 0.2) is 54.7 Å². The maximum atomic E-state index is 12.5. The maximum Gasteiger partial charge on any atom is 0.274 e. The second-order valence-corrected chi connectivity index (χ2v) is 9.89. The van der Waals surface area contributed by atoms with E-state index in [0.29, 0.717) is 23.4 Å². The molecule has 2 heterocycles. The van der Waals surface area contributed by atoms with Crippen molar-refractivity contribution < 1.29 is 22.8 Å². The summed E-state index contributed by atoms with van der Waals surface area (Å²) < 4.78 is 34.2. The zero-order chi connectivity index (χ0) is 24.0. The first-order valence-electron chi connectivity index (χ1n) is 11.0. The molecule has 1 amide bonds. The van der Waals surface area contributed by atoms with E-state index in [9.17, 15) is 13.2 Å². The largest absolute Gasteiger partial charge is 0.350 e. The number of nitrogens with one attached hydrogen (secondary N) is 2. The molecule has 11 heteroatoms. The third-order valence-electron chi connectivity index (χ3n) is 5.32. The molecule has 0 aliphatic carbocycles. The summed E-state index contributed by atoms with van der Waals surface area (Å²) in [4.78, 5) is 17.5. The van der Waals surface area contributed by atoms with Crippen LogP contribution in [0.5, 0.6) is 0 Å². The lowest BCUT2D eigenvalue weighted by molar-refractivity contribution is -0.186. The number of ether oxygens (including phenoxy) is 1. The Bertz CT molecular complexity index is 1200. The average molecular weight is 486 g/mol. The molecule has 2 N–H and O–H groups in total. The number of hydroxylamine groups is 1. The number of benzene rings is 2. The minimum absolute atomic E-state index is 0.0795. The van der Waals surface area contributed by atoms with Gasteiger partial charge in [0.1, 0.15) is 5.69 Å². The van der Waals surface area contributed by atoms with Crippen molar-refractivity contribution in [2.75, 3.05) is 6.61 Å². The Morgan fingerprint density at radius 1 is 1.15 bits per heavy atom. The molecule has 0 saturated carbocycles. The van der Waals surface area contributed by atoms with Gasteiger partial charge in [0, 0.05) is 30.7 Å². The summed E-state index contributed by atoms with van der Waals surface area (Å²) in [5, 5.41) is 7.97. The van der Waals surface area contributed by atoms with E-state index in [4.69, 9.17) is 9.57 Å². The van der Waals surface area contributed by atoms with Crippen molar-refractivity contribution in [1.82, 2.24) is 25.2 Å². The second kappa shape index (κ2) is 10.9. The summed E-state index contributed by atoms with van der Waals surface area (Å²) in [6.07, 6.45) is 3.89. The Labute approximate surface area is 198 Å². The van der Waals surface area contributed by atoms with E-state index >= 15 is 0 Å². The average Bonchev–Trinajstić information content (AvgIpc) is 3.30. The van der Waals surface area contributed by atoms with Gasteiger partial charge in [0.25, 0.3) is 5.91 Å². The van der Waals surface area contributed by atoms with Crippen LogP contribution < -0.4 is 10.2 Å². The van der Waals surface area contributed by atoms with Gasteiger partial charge >= 0.3 is 0 Å². The Balaban J connectivity index is 1.27. The standard InChI is InChI=1S/C23H27N5O5S/c1-17-5-9-19(10-6-17)21-15-28(27-25-21)16-34(30,31)24-14-18-7-11-20(12-8-18)23(29)26-33-22-4-2-3-13-32-22/h5-12,15,22,24H,2-4,13-14,16H2,1H3,(H,26,29). The van der Waals surface area contributed by atoms with Gasteiger partial charge in [0.05, 0.1) is 6.20 Å². The molecule has 1 aliphatic heterocycles. The molecule has 10 nitrogen and oxygen atoms in total. The third-order valence-corrected chi connectivity index (χ3v) is 6.51. The molecule has 34 heavy (non-hydrogen) atoms. The topological polar surface area (TPSA) is 124 Å².